The Hall–Kier alpha value is -4.18. The highest BCUT2D eigenvalue weighted by Crippen LogP contribution is 2.40. The molecule has 1 aliphatic carbocycles. The molecule has 0 atom stereocenters. The molecule has 0 amide bonds. The SMILES string of the molecule is CCN1CCC(C)(C)c2cc(/C=C/C3=CC(=C4C(=O)c5cc6ccccc6cc5C4=O)C=C(C)O3)ccc21. The van der Waals surface area contributed by atoms with Crippen molar-refractivity contribution in [2.45, 2.75) is 39.5 Å². The molecule has 0 unspecified atom stereocenters. The molecule has 0 N–H and O–H groups in total. The van der Waals surface area contributed by atoms with Gasteiger partial charge < -0.3 is 9.64 Å². The van der Waals surface area contributed by atoms with Crippen LogP contribution in [0.25, 0.3) is 16.8 Å². The van der Waals surface area contributed by atoms with Crippen molar-refractivity contribution in [3.63, 3.8) is 0 Å². The van der Waals surface area contributed by atoms with Crippen LogP contribution in [0.4, 0.5) is 5.69 Å². The average molecular weight is 502 g/mol. The van der Waals surface area contributed by atoms with E-state index in [2.05, 4.69) is 43.9 Å². The first kappa shape index (κ1) is 24.2. The van der Waals surface area contributed by atoms with Gasteiger partial charge in [-0.05, 0) is 95.6 Å². The summed E-state index contributed by atoms with van der Waals surface area (Å²) >= 11 is 0. The molecule has 4 heteroatoms. The van der Waals surface area contributed by atoms with Gasteiger partial charge in [0.1, 0.15) is 11.5 Å². The minimum atomic E-state index is -0.228. The van der Waals surface area contributed by atoms with Crippen molar-refractivity contribution < 1.29 is 14.3 Å². The topological polar surface area (TPSA) is 46.6 Å². The number of allylic oxidation sites excluding steroid dienone is 6. The monoisotopic (exact) mass is 501 g/mol. The first-order chi connectivity index (χ1) is 18.2. The smallest absolute Gasteiger partial charge is 0.198 e. The van der Waals surface area contributed by atoms with E-state index in [1.807, 2.05) is 55.5 Å². The summed E-state index contributed by atoms with van der Waals surface area (Å²) < 4.78 is 5.97. The van der Waals surface area contributed by atoms with Crippen LogP contribution in [0.15, 0.2) is 95.5 Å². The molecule has 4 nitrogen and oxygen atoms in total. The summed E-state index contributed by atoms with van der Waals surface area (Å²) in [5.41, 5.74) is 5.61. The number of carbonyl (C=O) groups is 2. The van der Waals surface area contributed by atoms with Gasteiger partial charge in [0.25, 0.3) is 0 Å². The van der Waals surface area contributed by atoms with Gasteiger partial charge >= 0.3 is 0 Å². The fraction of sp³-hybridized carbons (Fsp3) is 0.235. The number of benzene rings is 3. The Morgan fingerprint density at radius 2 is 1.61 bits per heavy atom. The number of hydrogen-bond acceptors (Lipinski definition) is 4. The fourth-order valence-corrected chi connectivity index (χ4v) is 5.79. The molecule has 6 rings (SSSR count). The van der Waals surface area contributed by atoms with Crippen molar-refractivity contribution in [2.24, 2.45) is 0 Å². The minimum Gasteiger partial charge on any atom is -0.462 e. The Bertz CT molecular complexity index is 1590. The van der Waals surface area contributed by atoms with E-state index in [0.29, 0.717) is 28.2 Å². The zero-order valence-corrected chi connectivity index (χ0v) is 22.3. The Morgan fingerprint density at radius 1 is 0.921 bits per heavy atom. The lowest BCUT2D eigenvalue weighted by atomic mass is 9.77. The molecule has 0 fully saturated rings. The van der Waals surface area contributed by atoms with Crippen LogP contribution >= 0.6 is 0 Å². The quantitative estimate of drug-likeness (QED) is 0.275. The van der Waals surface area contributed by atoms with Gasteiger partial charge in [-0.3, -0.25) is 9.59 Å². The zero-order chi connectivity index (χ0) is 26.6. The van der Waals surface area contributed by atoms with E-state index in [9.17, 15) is 9.59 Å². The van der Waals surface area contributed by atoms with Crippen LogP contribution in [0.2, 0.25) is 0 Å². The van der Waals surface area contributed by atoms with Crippen LogP contribution < -0.4 is 4.90 Å². The second-order valence-electron chi connectivity index (χ2n) is 11.0. The number of Topliss-reactive ketones (excluding diaryl/α,β-unsaturated/α-hetero) is 2. The maximum absolute atomic E-state index is 13.4. The second kappa shape index (κ2) is 8.98. The van der Waals surface area contributed by atoms with Crippen LogP contribution in [-0.2, 0) is 10.2 Å². The fourth-order valence-electron chi connectivity index (χ4n) is 5.79. The van der Waals surface area contributed by atoms with Gasteiger partial charge in [0, 0.05) is 29.9 Å². The van der Waals surface area contributed by atoms with Gasteiger partial charge in [-0.25, -0.2) is 0 Å². The molecule has 38 heavy (non-hydrogen) atoms. The van der Waals surface area contributed by atoms with Gasteiger partial charge in [0.15, 0.2) is 11.6 Å². The highest BCUT2D eigenvalue weighted by molar-refractivity contribution is 6.41. The van der Waals surface area contributed by atoms with Gasteiger partial charge in [-0.15, -0.1) is 0 Å². The van der Waals surface area contributed by atoms with Crippen molar-refractivity contribution in [2.75, 3.05) is 18.0 Å². The standard InChI is InChI=1S/C34H31NO3/c1-5-35-15-14-34(3,4)29-17-22(11-13-30(29)35)10-12-26-18-25(16-21(2)38-26)31-32(36)27-19-23-8-6-7-9-24(23)20-28(27)33(31)37/h6-13,16-20H,5,14-15H2,1-4H3/b12-10+. The highest BCUT2D eigenvalue weighted by Gasteiger charge is 2.36. The van der Waals surface area contributed by atoms with E-state index in [1.165, 1.54) is 11.3 Å². The Balaban J connectivity index is 1.35. The van der Waals surface area contributed by atoms with Crippen LogP contribution in [0, 0.1) is 0 Å². The Morgan fingerprint density at radius 3 is 2.26 bits per heavy atom. The first-order valence-corrected chi connectivity index (χ1v) is 13.3. The molecule has 0 bridgehead atoms. The molecule has 190 valence electrons. The van der Waals surface area contributed by atoms with Crippen molar-refractivity contribution in [1.29, 1.82) is 0 Å². The summed E-state index contributed by atoms with van der Waals surface area (Å²) in [6.07, 6.45) is 8.64. The first-order valence-electron chi connectivity index (χ1n) is 13.3. The van der Waals surface area contributed by atoms with Crippen molar-refractivity contribution >= 4 is 34.1 Å². The van der Waals surface area contributed by atoms with E-state index >= 15 is 0 Å². The molecule has 3 aliphatic rings. The van der Waals surface area contributed by atoms with Gasteiger partial charge in [-0.1, -0.05) is 50.3 Å². The molecule has 0 radical (unpaired) electrons. The van der Waals surface area contributed by atoms with E-state index in [1.54, 1.807) is 12.2 Å². The van der Waals surface area contributed by atoms with Crippen LogP contribution in [0.1, 0.15) is 66.0 Å². The lowest BCUT2D eigenvalue weighted by Crippen LogP contribution is -2.37. The van der Waals surface area contributed by atoms with Crippen molar-refractivity contribution in [3.8, 4) is 0 Å². The summed E-state index contributed by atoms with van der Waals surface area (Å²) in [4.78, 5) is 29.2. The molecule has 3 aromatic rings. The largest absolute Gasteiger partial charge is 0.462 e. The summed E-state index contributed by atoms with van der Waals surface area (Å²) in [5.74, 6) is 0.783. The van der Waals surface area contributed by atoms with Crippen LogP contribution in [-0.4, -0.2) is 24.7 Å². The molecule has 0 aromatic heterocycles. The number of ether oxygens (including phenoxy) is 1. The highest BCUT2D eigenvalue weighted by atomic mass is 16.5. The van der Waals surface area contributed by atoms with E-state index in [-0.39, 0.29) is 22.6 Å². The van der Waals surface area contributed by atoms with Gasteiger partial charge in [0.05, 0.1) is 5.57 Å². The number of anilines is 1. The number of fused-ring (bicyclic) bond motifs is 3. The summed E-state index contributed by atoms with van der Waals surface area (Å²) in [7, 11) is 0. The van der Waals surface area contributed by atoms with Crippen molar-refractivity contribution in [3.05, 3.63) is 118 Å². The number of carbonyl (C=O) groups excluding carboxylic acids is 2. The lowest BCUT2D eigenvalue weighted by Gasteiger charge is -2.40. The Labute approximate surface area is 223 Å². The maximum atomic E-state index is 13.4. The molecule has 2 aliphatic heterocycles. The minimum absolute atomic E-state index is 0.116. The molecule has 0 spiro atoms. The number of rotatable bonds is 3. The molecular weight excluding hydrogens is 470 g/mol. The summed E-state index contributed by atoms with van der Waals surface area (Å²) in [6, 6.07) is 18.1. The normalized spacial score (nSPS) is 18.5. The third kappa shape index (κ3) is 4.01. The molecule has 2 heterocycles. The summed E-state index contributed by atoms with van der Waals surface area (Å²) in [6.45, 7) is 10.7. The number of ketones is 2. The molecule has 3 aromatic carbocycles. The van der Waals surface area contributed by atoms with Gasteiger partial charge in [0.2, 0.25) is 0 Å². The third-order valence-corrected chi connectivity index (χ3v) is 7.97. The Kier molecular flexibility index (Phi) is 5.71. The molecule has 0 saturated heterocycles. The molecular formula is C34H31NO3. The lowest BCUT2D eigenvalue weighted by molar-refractivity contribution is 0.0988. The second-order valence-corrected chi connectivity index (χ2v) is 11.0. The van der Waals surface area contributed by atoms with E-state index in [4.69, 9.17) is 4.74 Å². The maximum Gasteiger partial charge on any atom is 0.198 e. The van der Waals surface area contributed by atoms with E-state index < -0.39 is 0 Å². The van der Waals surface area contributed by atoms with E-state index in [0.717, 1.165) is 35.8 Å². The predicted molar refractivity (Wildman–Crippen MR) is 154 cm³/mol. The zero-order valence-electron chi connectivity index (χ0n) is 22.3. The number of hydrogen-bond donors (Lipinski definition) is 0. The van der Waals surface area contributed by atoms with Crippen LogP contribution in [0.5, 0.6) is 0 Å². The van der Waals surface area contributed by atoms with Crippen molar-refractivity contribution in [1.82, 2.24) is 0 Å². The third-order valence-electron chi connectivity index (χ3n) is 7.97. The average Bonchev–Trinajstić information content (AvgIpc) is 3.15. The predicted octanol–water partition coefficient (Wildman–Crippen LogP) is 7.55. The number of nitrogens with zero attached hydrogens (tertiary/aromatic N) is 1. The summed E-state index contributed by atoms with van der Waals surface area (Å²) in [5, 5.41) is 1.90. The molecule has 0 saturated carbocycles. The van der Waals surface area contributed by atoms with Crippen LogP contribution in [0.3, 0.4) is 0 Å². The van der Waals surface area contributed by atoms with Gasteiger partial charge in [-0.2, -0.15) is 0 Å².